The second-order valence-electron chi connectivity index (χ2n) is 16.1. The fourth-order valence-electron chi connectivity index (χ4n) is 9.61. The van der Waals surface area contributed by atoms with Gasteiger partial charge in [0.1, 0.15) is 0 Å². The molecule has 0 aliphatic rings. The number of nitrogens with zero attached hydrogens (tertiary/aromatic N) is 2. The number of hydrogen-bond acceptors (Lipinski definition) is 1. The maximum Gasteiger partial charge on any atom is 0.0640 e. The summed E-state index contributed by atoms with van der Waals surface area (Å²) in [4.78, 5) is 2.52. The third kappa shape index (κ3) is 5.96. The van der Waals surface area contributed by atoms with Crippen LogP contribution in [0.15, 0.2) is 243 Å². The minimum absolute atomic E-state index is 1.09. The molecule has 0 bridgehead atoms. The highest BCUT2D eigenvalue weighted by Gasteiger charge is 2.25. The van der Waals surface area contributed by atoms with Crippen LogP contribution in [0, 0.1) is 0 Å². The lowest BCUT2D eigenvalue weighted by Gasteiger charge is -2.29. The largest absolute Gasteiger partial charge is 0.309 e. The molecule has 1 aromatic heterocycles. The number of benzene rings is 11. The van der Waals surface area contributed by atoms with Gasteiger partial charge in [-0.05, 0) is 97.4 Å². The molecule has 0 aliphatic carbocycles. The van der Waals surface area contributed by atoms with E-state index in [1.54, 1.807) is 0 Å². The van der Waals surface area contributed by atoms with E-state index in [0.717, 1.165) is 28.3 Å². The van der Waals surface area contributed by atoms with Crippen LogP contribution in [-0.4, -0.2) is 4.57 Å². The van der Waals surface area contributed by atoms with Crippen molar-refractivity contribution in [1.82, 2.24) is 4.57 Å². The number of para-hydroxylation sites is 1. The van der Waals surface area contributed by atoms with Gasteiger partial charge < -0.3 is 9.47 Å². The monoisotopic (exact) mass is 788 g/mol. The van der Waals surface area contributed by atoms with Crippen molar-refractivity contribution in [3.63, 3.8) is 0 Å². The highest BCUT2D eigenvalue weighted by Crippen LogP contribution is 2.50. The molecule has 0 unspecified atom stereocenters. The van der Waals surface area contributed by atoms with E-state index >= 15 is 0 Å². The third-order valence-electron chi connectivity index (χ3n) is 12.5. The van der Waals surface area contributed by atoms with E-state index in [2.05, 4.69) is 252 Å². The maximum absolute atomic E-state index is 2.52. The van der Waals surface area contributed by atoms with Crippen molar-refractivity contribution in [1.29, 1.82) is 0 Å². The first-order chi connectivity index (χ1) is 30.8. The molecule has 62 heavy (non-hydrogen) atoms. The number of hydrogen-bond donors (Lipinski definition) is 0. The lowest BCUT2D eigenvalue weighted by atomic mass is 9.96. The van der Waals surface area contributed by atoms with Crippen molar-refractivity contribution >= 4 is 71.2 Å². The van der Waals surface area contributed by atoms with Crippen molar-refractivity contribution in [2.45, 2.75) is 0 Å². The van der Waals surface area contributed by atoms with Gasteiger partial charge in [0.05, 0.1) is 22.4 Å². The smallest absolute Gasteiger partial charge is 0.0640 e. The molecule has 2 heteroatoms. The van der Waals surface area contributed by atoms with Crippen LogP contribution in [0.25, 0.3) is 93.2 Å². The second-order valence-corrected chi connectivity index (χ2v) is 16.1. The first-order valence-electron chi connectivity index (χ1n) is 21.3. The van der Waals surface area contributed by atoms with Crippen molar-refractivity contribution in [3.05, 3.63) is 243 Å². The minimum atomic E-state index is 1.09. The molecule has 12 aromatic rings. The summed E-state index contributed by atoms with van der Waals surface area (Å²) in [6.45, 7) is 0. The fraction of sp³-hybridized carbons (Fsp3) is 0. The molecule has 2 nitrogen and oxygen atoms in total. The predicted molar refractivity (Wildman–Crippen MR) is 264 cm³/mol. The van der Waals surface area contributed by atoms with Crippen LogP contribution < -0.4 is 4.90 Å². The Kier molecular flexibility index (Phi) is 8.53. The zero-order valence-corrected chi connectivity index (χ0v) is 34.0. The van der Waals surface area contributed by atoms with Crippen LogP contribution in [0.1, 0.15) is 0 Å². The topological polar surface area (TPSA) is 8.17 Å². The van der Waals surface area contributed by atoms with Gasteiger partial charge in [-0.1, -0.05) is 200 Å². The minimum Gasteiger partial charge on any atom is -0.309 e. The van der Waals surface area contributed by atoms with Gasteiger partial charge in [-0.2, -0.15) is 0 Å². The van der Waals surface area contributed by atoms with Gasteiger partial charge in [0.25, 0.3) is 0 Å². The summed E-state index contributed by atoms with van der Waals surface area (Å²) < 4.78 is 2.49. The summed E-state index contributed by atoms with van der Waals surface area (Å²) in [7, 11) is 0. The van der Waals surface area contributed by atoms with E-state index in [0.29, 0.717) is 0 Å². The molecule has 0 radical (unpaired) electrons. The van der Waals surface area contributed by atoms with Crippen LogP contribution >= 0.6 is 0 Å². The van der Waals surface area contributed by atoms with Crippen LogP contribution in [-0.2, 0) is 0 Å². The van der Waals surface area contributed by atoms with Crippen LogP contribution in [0.5, 0.6) is 0 Å². The molecule has 0 saturated carbocycles. The summed E-state index contributed by atoms with van der Waals surface area (Å²) >= 11 is 0. The molecule has 290 valence electrons. The number of aromatic nitrogens is 1. The van der Waals surface area contributed by atoms with E-state index < -0.39 is 0 Å². The van der Waals surface area contributed by atoms with Gasteiger partial charge in [0, 0.05) is 32.9 Å². The first kappa shape index (κ1) is 35.7. The summed E-state index contributed by atoms with van der Waals surface area (Å²) in [6.07, 6.45) is 0. The number of anilines is 3. The Morgan fingerprint density at radius 3 is 1.39 bits per heavy atom. The van der Waals surface area contributed by atoms with Crippen LogP contribution in [0.2, 0.25) is 0 Å². The van der Waals surface area contributed by atoms with E-state index in [4.69, 9.17) is 0 Å². The SMILES string of the molecule is c1ccc(-c2ccc(-c3ccc4c5c(N(c6ccc(-c7ccccc7)cc6)c6cc7ccccc7c7ccccc67)cc6ccccc6c5n(-c5ccccc5)c4c3)cc2)cc1. The quantitative estimate of drug-likeness (QED) is 0.146. The summed E-state index contributed by atoms with van der Waals surface area (Å²) in [5.74, 6) is 0. The van der Waals surface area contributed by atoms with Crippen molar-refractivity contribution < 1.29 is 0 Å². The van der Waals surface area contributed by atoms with Crippen molar-refractivity contribution in [2.24, 2.45) is 0 Å². The molecule has 0 aliphatic heterocycles. The molecule has 11 aromatic carbocycles. The molecule has 12 rings (SSSR count). The number of rotatable bonds is 7. The normalized spacial score (nSPS) is 11.5. The van der Waals surface area contributed by atoms with Gasteiger partial charge in [-0.3, -0.25) is 0 Å². The summed E-state index contributed by atoms with van der Waals surface area (Å²) in [5, 5.41) is 9.69. The lowest BCUT2D eigenvalue weighted by Crippen LogP contribution is -2.11. The molecule has 0 spiro atoms. The molecular formula is C60H40N2. The predicted octanol–water partition coefficient (Wildman–Crippen LogP) is 16.7. The van der Waals surface area contributed by atoms with Gasteiger partial charge in [0.2, 0.25) is 0 Å². The van der Waals surface area contributed by atoms with Crippen molar-refractivity contribution in [2.75, 3.05) is 4.90 Å². The first-order valence-corrected chi connectivity index (χ1v) is 21.3. The van der Waals surface area contributed by atoms with Crippen LogP contribution in [0.4, 0.5) is 17.1 Å². The zero-order valence-electron chi connectivity index (χ0n) is 34.0. The van der Waals surface area contributed by atoms with E-state index in [1.807, 2.05) is 0 Å². The molecule has 0 amide bonds. The molecule has 0 saturated heterocycles. The molecule has 0 N–H and O–H groups in total. The molecular weight excluding hydrogens is 749 g/mol. The molecule has 0 fully saturated rings. The number of fused-ring (bicyclic) bond motifs is 8. The Balaban J connectivity index is 1.17. The Hall–Kier alpha value is -8.20. The van der Waals surface area contributed by atoms with Gasteiger partial charge >= 0.3 is 0 Å². The summed E-state index contributed by atoms with van der Waals surface area (Å²) in [5.41, 5.74) is 14.0. The second kappa shape index (κ2) is 14.8. The lowest BCUT2D eigenvalue weighted by molar-refractivity contribution is 1.19. The fourth-order valence-corrected chi connectivity index (χ4v) is 9.61. The van der Waals surface area contributed by atoms with Crippen molar-refractivity contribution in [3.8, 4) is 39.1 Å². The van der Waals surface area contributed by atoms with Crippen LogP contribution in [0.3, 0.4) is 0 Å². The Bertz CT molecular complexity index is 3590. The highest BCUT2D eigenvalue weighted by atomic mass is 15.1. The standard InChI is InChI=1S/C60H40N2/c1-4-16-41(17-5-1)43-28-30-45(31-29-43)46-34-37-55-57(38-46)62(49-22-8-3-9-23-49)60-52-25-13-11-21-48(52)40-58(59(55)60)61(50-35-32-44(33-36-50)42-18-6-2-7-19-42)56-39-47-20-10-12-24-51(47)53-26-14-15-27-54(53)56/h1-40H. The van der Waals surface area contributed by atoms with E-state index in [1.165, 1.54) is 82.0 Å². The Labute approximate surface area is 360 Å². The molecule has 1 heterocycles. The van der Waals surface area contributed by atoms with E-state index in [9.17, 15) is 0 Å². The van der Waals surface area contributed by atoms with Gasteiger partial charge in [0.15, 0.2) is 0 Å². The molecule has 0 atom stereocenters. The highest BCUT2D eigenvalue weighted by molar-refractivity contribution is 6.26. The average molecular weight is 789 g/mol. The van der Waals surface area contributed by atoms with E-state index in [-0.39, 0.29) is 0 Å². The zero-order chi connectivity index (χ0) is 41.0. The Morgan fingerprint density at radius 1 is 0.290 bits per heavy atom. The third-order valence-corrected chi connectivity index (χ3v) is 12.5. The maximum atomic E-state index is 2.52. The summed E-state index contributed by atoms with van der Waals surface area (Å²) in [6, 6.07) is 88.6. The van der Waals surface area contributed by atoms with Gasteiger partial charge in [-0.15, -0.1) is 0 Å². The van der Waals surface area contributed by atoms with Gasteiger partial charge in [-0.25, -0.2) is 0 Å². The Morgan fingerprint density at radius 2 is 0.742 bits per heavy atom. The average Bonchev–Trinajstić information content (AvgIpc) is 3.70.